The Morgan fingerprint density at radius 2 is 2.12 bits per heavy atom. The molecule has 0 unspecified atom stereocenters. The van der Waals surface area contributed by atoms with Gasteiger partial charge in [-0.1, -0.05) is 22.0 Å². The Labute approximate surface area is 108 Å². The summed E-state index contributed by atoms with van der Waals surface area (Å²) in [4.78, 5) is 4.13. The topological polar surface area (TPSA) is 42.4 Å². The molecule has 1 heterocycles. The second-order valence-electron chi connectivity index (χ2n) is 3.67. The normalized spacial score (nSPS) is 12.2. The highest BCUT2D eigenvalue weighted by atomic mass is 79.9. The summed E-state index contributed by atoms with van der Waals surface area (Å²) in [5.74, 6) is 1.23. The number of pyridine rings is 1. The van der Waals surface area contributed by atoms with E-state index in [0.29, 0.717) is 5.88 Å². The van der Waals surface area contributed by atoms with Crippen LogP contribution in [0.15, 0.2) is 47.1 Å². The summed E-state index contributed by atoms with van der Waals surface area (Å²) >= 11 is 3.37. The molecule has 0 aliphatic carbocycles. The lowest BCUT2D eigenvalue weighted by Crippen LogP contribution is -1.93. The first-order valence-electron chi connectivity index (χ1n) is 5.22. The van der Waals surface area contributed by atoms with Crippen LogP contribution in [0.5, 0.6) is 11.6 Å². The standard InChI is InChI=1S/C13H12BrNO2/c1-9(16)10-5-6-13(15-8-10)17-12-4-2-3-11(14)7-12/h2-9,16H,1H3/t9-/m0/s1. The number of aromatic nitrogens is 1. The van der Waals surface area contributed by atoms with Gasteiger partial charge >= 0.3 is 0 Å². The van der Waals surface area contributed by atoms with Gasteiger partial charge in [0.25, 0.3) is 0 Å². The van der Waals surface area contributed by atoms with E-state index in [2.05, 4.69) is 20.9 Å². The molecule has 1 aromatic carbocycles. The van der Waals surface area contributed by atoms with Gasteiger partial charge in [0.2, 0.25) is 5.88 Å². The minimum absolute atomic E-state index is 0.507. The highest BCUT2D eigenvalue weighted by Crippen LogP contribution is 2.23. The molecule has 4 heteroatoms. The third-order valence-corrected chi connectivity index (χ3v) is 2.75. The van der Waals surface area contributed by atoms with Gasteiger partial charge in [-0.15, -0.1) is 0 Å². The van der Waals surface area contributed by atoms with Crippen LogP contribution in [0.3, 0.4) is 0 Å². The molecule has 88 valence electrons. The summed E-state index contributed by atoms with van der Waals surface area (Å²) in [5, 5.41) is 9.35. The van der Waals surface area contributed by atoms with Gasteiger partial charge in [-0.05, 0) is 36.8 Å². The summed E-state index contributed by atoms with van der Waals surface area (Å²) in [6.07, 6.45) is 1.10. The molecule has 0 saturated heterocycles. The summed E-state index contributed by atoms with van der Waals surface area (Å²) in [6, 6.07) is 11.1. The molecular formula is C13H12BrNO2. The number of halogens is 1. The van der Waals surface area contributed by atoms with Crippen LogP contribution in [-0.4, -0.2) is 10.1 Å². The van der Waals surface area contributed by atoms with Crippen molar-refractivity contribution in [1.29, 1.82) is 0 Å². The Hall–Kier alpha value is -1.39. The van der Waals surface area contributed by atoms with Gasteiger partial charge in [0.05, 0.1) is 6.10 Å². The Morgan fingerprint density at radius 1 is 1.29 bits per heavy atom. The molecule has 3 nitrogen and oxygen atoms in total. The molecular weight excluding hydrogens is 282 g/mol. The van der Waals surface area contributed by atoms with E-state index in [0.717, 1.165) is 15.8 Å². The first-order valence-corrected chi connectivity index (χ1v) is 6.02. The maximum absolute atomic E-state index is 9.35. The van der Waals surface area contributed by atoms with Crippen molar-refractivity contribution in [2.45, 2.75) is 13.0 Å². The third-order valence-electron chi connectivity index (χ3n) is 2.26. The van der Waals surface area contributed by atoms with Crippen molar-refractivity contribution in [2.24, 2.45) is 0 Å². The third kappa shape index (κ3) is 3.28. The van der Waals surface area contributed by atoms with E-state index < -0.39 is 6.10 Å². The fraction of sp³-hybridized carbons (Fsp3) is 0.154. The van der Waals surface area contributed by atoms with E-state index in [1.165, 1.54) is 0 Å². The zero-order chi connectivity index (χ0) is 12.3. The smallest absolute Gasteiger partial charge is 0.219 e. The van der Waals surface area contributed by atoms with Gasteiger partial charge in [-0.25, -0.2) is 4.98 Å². The Bertz CT molecular complexity index is 497. The second-order valence-corrected chi connectivity index (χ2v) is 4.58. The number of benzene rings is 1. The number of hydrogen-bond donors (Lipinski definition) is 1. The van der Waals surface area contributed by atoms with Gasteiger partial charge in [-0.2, -0.15) is 0 Å². The number of nitrogens with zero attached hydrogens (tertiary/aromatic N) is 1. The van der Waals surface area contributed by atoms with E-state index in [-0.39, 0.29) is 0 Å². The number of aliphatic hydroxyl groups excluding tert-OH is 1. The fourth-order valence-corrected chi connectivity index (χ4v) is 1.73. The molecule has 0 amide bonds. The Morgan fingerprint density at radius 3 is 2.71 bits per heavy atom. The zero-order valence-corrected chi connectivity index (χ0v) is 10.9. The van der Waals surface area contributed by atoms with Crippen LogP contribution in [0, 0.1) is 0 Å². The quantitative estimate of drug-likeness (QED) is 0.938. The lowest BCUT2D eigenvalue weighted by molar-refractivity contribution is 0.198. The number of aliphatic hydroxyl groups is 1. The highest BCUT2D eigenvalue weighted by molar-refractivity contribution is 9.10. The summed E-state index contributed by atoms with van der Waals surface area (Å²) in [5.41, 5.74) is 0.770. The van der Waals surface area contributed by atoms with Crippen molar-refractivity contribution in [3.63, 3.8) is 0 Å². The number of hydrogen-bond acceptors (Lipinski definition) is 3. The van der Waals surface area contributed by atoms with Crippen molar-refractivity contribution < 1.29 is 9.84 Å². The largest absolute Gasteiger partial charge is 0.439 e. The highest BCUT2D eigenvalue weighted by Gasteiger charge is 2.03. The molecule has 1 N–H and O–H groups in total. The molecule has 0 saturated carbocycles. The van der Waals surface area contributed by atoms with Gasteiger partial charge in [0, 0.05) is 16.7 Å². The van der Waals surface area contributed by atoms with Crippen LogP contribution >= 0.6 is 15.9 Å². The zero-order valence-electron chi connectivity index (χ0n) is 9.30. The minimum atomic E-state index is -0.512. The van der Waals surface area contributed by atoms with Crippen molar-refractivity contribution >= 4 is 15.9 Å². The van der Waals surface area contributed by atoms with Crippen molar-refractivity contribution in [1.82, 2.24) is 4.98 Å². The molecule has 2 aromatic rings. The maximum Gasteiger partial charge on any atom is 0.219 e. The monoisotopic (exact) mass is 293 g/mol. The molecule has 17 heavy (non-hydrogen) atoms. The fourth-order valence-electron chi connectivity index (χ4n) is 1.35. The summed E-state index contributed by atoms with van der Waals surface area (Å²) < 4.78 is 6.53. The molecule has 0 bridgehead atoms. The van der Waals surface area contributed by atoms with Crippen molar-refractivity contribution in [3.8, 4) is 11.6 Å². The second kappa shape index (κ2) is 5.29. The van der Waals surface area contributed by atoms with E-state index in [4.69, 9.17) is 4.74 Å². The molecule has 1 aromatic heterocycles. The van der Waals surface area contributed by atoms with Crippen molar-refractivity contribution in [2.75, 3.05) is 0 Å². The summed E-state index contributed by atoms with van der Waals surface area (Å²) in [7, 11) is 0. The average Bonchev–Trinajstić information content (AvgIpc) is 2.29. The first-order chi connectivity index (χ1) is 8.15. The van der Waals surface area contributed by atoms with Crippen LogP contribution in [0.1, 0.15) is 18.6 Å². The van der Waals surface area contributed by atoms with Gasteiger partial charge < -0.3 is 9.84 Å². The number of ether oxygens (including phenoxy) is 1. The van der Waals surface area contributed by atoms with Crippen LogP contribution in [0.4, 0.5) is 0 Å². The lowest BCUT2D eigenvalue weighted by atomic mass is 10.2. The van der Waals surface area contributed by atoms with E-state index in [9.17, 15) is 5.11 Å². The minimum Gasteiger partial charge on any atom is -0.439 e. The molecule has 1 atom stereocenters. The molecule has 0 radical (unpaired) electrons. The van der Waals surface area contributed by atoms with Gasteiger partial charge in [0.15, 0.2) is 0 Å². The lowest BCUT2D eigenvalue weighted by Gasteiger charge is -2.07. The predicted molar refractivity (Wildman–Crippen MR) is 69.1 cm³/mol. The van der Waals surface area contributed by atoms with Crippen LogP contribution in [0.25, 0.3) is 0 Å². The Kier molecular flexibility index (Phi) is 3.76. The van der Waals surface area contributed by atoms with Crippen LogP contribution in [0.2, 0.25) is 0 Å². The van der Waals surface area contributed by atoms with Gasteiger partial charge in [0.1, 0.15) is 5.75 Å². The first kappa shape index (κ1) is 12.1. The summed E-state index contributed by atoms with van der Waals surface area (Å²) in [6.45, 7) is 1.70. The van der Waals surface area contributed by atoms with E-state index in [1.807, 2.05) is 24.3 Å². The molecule has 0 fully saturated rings. The molecule has 0 aliphatic rings. The van der Waals surface area contributed by atoms with Crippen LogP contribution < -0.4 is 4.74 Å². The molecule has 0 spiro atoms. The maximum atomic E-state index is 9.35. The van der Waals surface area contributed by atoms with E-state index in [1.54, 1.807) is 25.3 Å². The van der Waals surface area contributed by atoms with Crippen LogP contribution in [-0.2, 0) is 0 Å². The van der Waals surface area contributed by atoms with Gasteiger partial charge in [-0.3, -0.25) is 0 Å². The molecule has 0 aliphatic heterocycles. The van der Waals surface area contributed by atoms with E-state index >= 15 is 0 Å². The average molecular weight is 294 g/mol. The SMILES string of the molecule is C[C@H](O)c1ccc(Oc2cccc(Br)c2)nc1. The number of rotatable bonds is 3. The Balaban J connectivity index is 2.14. The van der Waals surface area contributed by atoms with Crippen molar-refractivity contribution in [3.05, 3.63) is 52.6 Å². The predicted octanol–water partition coefficient (Wildman–Crippen LogP) is 3.69. The molecule has 2 rings (SSSR count).